The van der Waals surface area contributed by atoms with Crippen LogP contribution in [0.3, 0.4) is 0 Å². The van der Waals surface area contributed by atoms with E-state index in [0.29, 0.717) is 11.9 Å². The van der Waals surface area contributed by atoms with Crippen molar-refractivity contribution in [3.8, 4) is 0 Å². The summed E-state index contributed by atoms with van der Waals surface area (Å²) < 4.78 is 2.35. The highest BCUT2D eigenvalue weighted by Gasteiger charge is 2.30. The minimum atomic E-state index is -1.50. The number of anilines is 1. The molecule has 26 heavy (non-hydrogen) atoms. The zero-order chi connectivity index (χ0) is 18.9. The lowest BCUT2D eigenvalue weighted by atomic mass is 9.89. The summed E-state index contributed by atoms with van der Waals surface area (Å²) in [7, 11) is 0. The number of aromatic nitrogens is 3. The second-order valence-corrected chi connectivity index (χ2v) is 8.26. The molecule has 2 aromatic heterocycles. The second-order valence-electron chi connectivity index (χ2n) is 8.26. The van der Waals surface area contributed by atoms with Crippen molar-refractivity contribution < 1.29 is 10.2 Å². The van der Waals surface area contributed by atoms with Crippen molar-refractivity contribution in [2.24, 2.45) is 11.8 Å². The Hall–Kier alpha value is -1.70. The van der Waals surface area contributed by atoms with Crippen molar-refractivity contribution in [1.29, 1.82) is 0 Å². The summed E-state index contributed by atoms with van der Waals surface area (Å²) in [4.78, 5) is 8.61. The van der Waals surface area contributed by atoms with Crippen LogP contribution in [0.25, 0.3) is 11.0 Å². The molecule has 3 heterocycles. The number of nitrogen functional groups attached to an aromatic ring is 1. The molecule has 0 radical (unpaired) electrons. The largest absolute Gasteiger partial charge is 0.383 e. The van der Waals surface area contributed by atoms with Gasteiger partial charge in [-0.05, 0) is 76.9 Å². The highest BCUT2D eigenvalue weighted by atomic mass is 16.5. The van der Waals surface area contributed by atoms with Crippen LogP contribution < -0.4 is 11.1 Å². The Morgan fingerprint density at radius 1 is 1.23 bits per heavy atom. The Labute approximate surface area is 154 Å². The van der Waals surface area contributed by atoms with Gasteiger partial charge in [-0.3, -0.25) is 0 Å². The lowest BCUT2D eigenvalue weighted by molar-refractivity contribution is -0.127. The van der Waals surface area contributed by atoms with E-state index in [2.05, 4.69) is 33.0 Å². The third kappa shape index (κ3) is 4.52. The molecule has 2 fully saturated rings. The lowest BCUT2D eigenvalue weighted by Gasteiger charge is -2.29. The van der Waals surface area contributed by atoms with Crippen LogP contribution in [0.5, 0.6) is 0 Å². The second kappa shape index (κ2) is 7.50. The van der Waals surface area contributed by atoms with Crippen LogP contribution in [0, 0.1) is 18.8 Å². The molecule has 1 saturated heterocycles. The molecule has 5 N–H and O–H groups in total. The molecule has 0 bridgehead atoms. The van der Waals surface area contributed by atoms with Crippen LogP contribution in [-0.4, -0.2) is 43.6 Å². The van der Waals surface area contributed by atoms with Crippen molar-refractivity contribution >= 4 is 16.9 Å². The van der Waals surface area contributed by atoms with E-state index in [4.69, 9.17) is 15.9 Å². The molecule has 144 valence electrons. The topological polar surface area (TPSA) is 109 Å². The van der Waals surface area contributed by atoms with E-state index in [1.54, 1.807) is 6.33 Å². The SMILES string of the molecule is CC(C)(O)O.Cc1cn(C2CCC(CC3CNC3)C2)c2ncnc(N)c12. The maximum absolute atomic E-state index is 8.08. The Bertz CT molecular complexity index is 742. The molecule has 1 saturated carbocycles. The average Bonchev–Trinajstić information content (AvgIpc) is 3.07. The van der Waals surface area contributed by atoms with E-state index >= 15 is 0 Å². The van der Waals surface area contributed by atoms with Crippen LogP contribution in [-0.2, 0) is 0 Å². The van der Waals surface area contributed by atoms with Gasteiger partial charge in [0.05, 0.1) is 5.39 Å². The molecular weight excluding hydrogens is 330 g/mol. The Kier molecular flexibility index (Phi) is 5.50. The van der Waals surface area contributed by atoms with Gasteiger partial charge in [0, 0.05) is 12.2 Å². The van der Waals surface area contributed by atoms with Gasteiger partial charge in [-0.25, -0.2) is 9.97 Å². The number of rotatable bonds is 3. The van der Waals surface area contributed by atoms with Crippen molar-refractivity contribution in [3.05, 3.63) is 18.1 Å². The van der Waals surface area contributed by atoms with Crippen LogP contribution in [0.2, 0.25) is 0 Å². The van der Waals surface area contributed by atoms with Gasteiger partial charge >= 0.3 is 0 Å². The molecule has 1 aliphatic heterocycles. The van der Waals surface area contributed by atoms with Crippen molar-refractivity contribution in [2.75, 3.05) is 18.8 Å². The number of hydrogen-bond donors (Lipinski definition) is 4. The van der Waals surface area contributed by atoms with Gasteiger partial charge in [0.25, 0.3) is 0 Å². The van der Waals surface area contributed by atoms with E-state index in [1.165, 1.54) is 58.2 Å². The first-order valence-electron chi connectivity index (χ1n) is 9.45. The molecule has 2 atom stereocenters. The third-order valence-corrected chi connectivity index (χ3v) is 5.27. The summed E-state index contributed by atoms with van der Waals surface area (Å²) in [6.45, 7) is 7.14. The number of hydrogen-bond acceptors (Lipinski definition) is 6. The molecule has 7 nitrogen and oxygen atoms in total. The minimum absolute atomic E-state index is 0.577. The maximum atomic E-state index is 8.08. The number of nitrogens with zero attached hydrogens (tertiary/aromatic N) is 3. The Balaban J connectivity index is 0.000000349. The molecule has 0 spiro atoms. The smallest absolute Gasteiger partial charge is 0.156 e. The minimum Gasteiger partial charge on any atom is -0.383 e. The zero-order valence-corrected chi connectivity index (χ0v) is 15.9. The maximum Gasteiger partial charge on any atom is 0.156 e. The monoisotopic (exact) mass is 361 g/mol. The molecule has 2 aromatic rings. The first-order chi connectivity index (χ1) is 12.2. The van der Waals surface area contributed by atoms with Gasteiger partial charge in [-0.1, -0.05) is 0 Å². The predicted octanol–water partition coefficient (Wildman–Crippen LogP) is 1.98. The van der Waals surface area contributed by atoms with Crippen LogP contribution >= 0.6 is 0 Å². The van der Waals surface area contributed by atoms with Crippen LogP contribution in [0.4, 0.5) is 5.82 Å². The normalized spacial score (nSPS) is 23.6. The molecule has 7 heteroatoms. The summed E-state index contributed by atoms with van der Waals surface area (Å²) in [6.07, 6.45) is 9.08. The fourth-order valence-electron chi connectivity index (χ4n) is 4.08. The highest BCUT2D eigenvalue weighted by Crippen LogP contribution is 2.40. The molecule has 0 aromatic carbocycles. The van der Waals surface area contributed by atoms with Crippen LogP contribution in [0.15, 0.2) is 12.5 Å². The Morgan fingerprint density at radius 3 is 2.54 bits per heavy atom. The summed E-state index contributed by atoms with van der Waals surface area (Å²) in [6, 6.07) is 0.577. The van der Waals surface area contributed by atoms with E-state index in [0.717, 1.165) is 22.9 Å². The fraction of sp³-hybridized carbons (Fsp3) is 0.684. The zero-order valence-electron chi connectivity index (χ0n) is 15.9. The van der Waals surface area contributed by atoms with Crippen molar-refractivity contribution in [3.63, 3.8) is 0 Å². The summed E-state index contributed by atoms with van der Waals surface area (Å²) >= 11 is 0. The van der Waals surface area contributed by atoms with E-state index < -0.39 is 5.79 Å². The first kappa shape index (κ1) is 19.1. The Morgan fingerprint density at radius 2 is 1.92 bits per heavy atom. The van der Waals surface area contributed by atoms with E-state index in [9.17, 15) is 0 Å². The molecule has 2 unspecified atom stereocenters. The van der Waals surface area contributed by atoms with Gasteiger partial charge in [-0.15, -0.1) is 0 Å². The molecule has 2 aliphatic rings. The molecule has 4 rings (SSSR count). The summed E-state index contributed by atoms with van der Waals surface area (Å²) in [5.41, 5.74) is 8.22. The van der Waals surface area contributed by atoms with Gasteiger partial charge < -0.3 is 25.8 Å². The molecular formula is C19H31N5O2. The standard InChI is InChI=1S/C16H23N5.C3H8O2/c1-10-8-21(16-14(10)15(17)19-9-20-16)13-3-2-11(5-13)4-12-6-18-7-12;1-3(2,4)5/h8-9,11-13,18H,2-7H2,1H3,(H2,17,19,20);4-5H,1-2H3. The van der Waals surface area contributed by atoms with Crippen molar-refractivity contribution in [1.82, 2.24) is 19.9 Å². The summed E-state index contributed by atoms with van der Waals surface area (Å²) in [5.74, 6) is 0.889. The average molecular weight is 361 g/mol. The number of nitrogens with two attached hydrogens (primary N) is 1. The molecule has 1 aliphatic carbocycles. The number of nitrogens with one attached hydrogen (secondary N) is 1. The van der Waals surface area contributed by atoms with E-state index in [-0.39, 0.29) is 0 Å². The molecule has 0 amide bonds. The first-order valence-corrected chi connectivity index (χ1v) is 9.45. The van der Waals surface area contributed by atoms with Gasteiger partial charge in [0.15, 0.2) is 5.79 Å². The summed E-state index contributed by atoms with van der Waals surface area (Å²) in [5, 5.41) is 20.6. The third-order valence-electron chi connectivity index (χ3n) is 5.27. The van der Waals surface area contributed by atoms with Crippen LogP contribution in [0.1, 0.15) is 51.1 Å². The lowest BCUT2D eigenvalue weighted by Crippen LogP contribution is -2.42. The predicted molar refractivity (Wildman–Crippen MR) is 103 cm³/mol. The number of fused-ring (bicyclic) bond motifs is 1. The highest BCUT2D eigenvalue weighted by molar-refractivity contribution is 5.89. The number of aryl methyl sites for hydroxylation is 1. The van der Waals surface area contributed by atoms with Gasteiger partial charge in [0.2, 0.25) is 0 Å². The number of aliphatic hydroxyl groups is 2. The van der Waals surface area contributed by atoms with E-state index in [1.807, 2.05) is 0 Å². The quantitative estimate of drug-likeness (QED) is 0.623. The van der Waals surface area contributed by atoms with Gasteiger partial charge in [0.1, 0.15) is 17.8 Å². The van der Waals surface area contributed by atoms with Gasteiger partial charge in [-0.2, -0.15) is 0 Å². The van der Waals surface area contributed by atoms with Crippen molar-refractivity contribution in [2.45, 2.75) is 58.3 Å². The fourth-order valence-corrected chi connectivity index (χ4v) is 4.08.